The summed E-state index contributed by atoms with van der Waals surface area (Å²) in [4.78, 5) is 32.4. The summed E-state index contributed by atoms with van der Waals surface area (Å²) in [5.41, 5.74) is 1.30. The van der Waals surface area contributed by atoms with Crippen LogP contribution in [0.15, 0.2) is 48.5 Å². The van der Waals surface area contributed by atoms with Crippen molar-refractivity contribution in [3.8, 4) is 11.5 Å². The number of ketones is 2. The molecule has 2 heterocycles. The molecule has 8 nitrogen and oxygen atoms in total. The highest BCUT2D eigenvalue weighted by Gasteiger charge is 2.32. The molecule has 0 aromatic heterocycles. The topological polar surface area (TPSA) is 77.5 Å². The molecule has 2 saturated heterocycles. The predicted octanol–water partition coefficient (Wildman–Crippen LogP) is 3.84. The van der Waals surface area contributed by atoms with Crippen LogP contribution in [-0.2, 0) is 9.47 Å². The van der Waals surface area contributed by atoms with E-state index in [0.717, 1.165) is 37.7 Å². The second kappa shape index (κ2) is 15.1. The van der Waals surface area contributed by atoms with Crippen molar-refractivity contribution in [1.82, 2.24) is 9.80 Å². The molecule has 2 fully saturated rings. The van der Waals surface area contributed by atoms with E-state index >= 15 is 0 Å². The van der Waals surface area contributed by atoms with Crippen LogP contribution >= 0.6 is 0 Å². The Kier molecular flexibility index (Phi) is 11.3. The molecule has 0 amide bonds. The molecule has 0 saturated carbocycles. The first-order valence-electron chi connectivity index (χ1n) is 14.2. The lowest BCUT2D eigenvalue weighted by atomic mass is 9.83. The lowest BCUT2D eigenvalue weighted by Gasteiger charge is -2.34. The monoisotopic (exact) mass is 538 g/mol. The summed E-state index contributed by atoms with van der Waals surface area (Å²) in [5, 5.41) is 0. The summed E-state index contributed by atoms with van der Waals surface area (Å²) in [6.45, 7) is 12.0. The van der Waals surface area contributed by atoms with E-state index < -0.39 is 0 Å². The van der Waals surface area contributed by atoms with Gasteiger partial charge in [0.15, 0.2) is 11.6 Å². The van der Waals surface area contributed by atoms with E-state index in [9.17, 15) is 9.59 Å². The minimum Gasteiger partial charge on any atom is -0.494 e. The fourth-order valence-electron chi connectivity index (χ4n) is 5.30. The molecule has 212 valence electrons. The van der Waals surface area contributed by atoms with Gasteiger partial charge >= 0.3 is 0 Å². The molecule has 2 atom stereocenters. The van der Waals surface area contributed by atoms with E-state index in [0.29, 0.717) is 70.3 Å². The van der Waals surface area contributed by atoms with Crippen LogP contribution in [0.3, 0.4) is 0 Å². The first-order chi connectivity index (χ1) is 19.1. The molecule has 2 unspecified atom stereocenters. The van der Waals surface area contributed by atoms with Crippen LogP contribution in [-0.4, -0.2) is 100 Å². The molecule has 2 aliphatic rings. The Morgan fingerprint density at radius 1 is 0.667 bits per heavy atom. The van der Waals surface area contributed by atoms with Gasteiger partial charge in [-0.3, -0.25) is 19.4 Å². The average Bonchev–Trinajstić information content (AvgIpc) is 2.98. The maximum Gasteiger partial charge on any atom is 0.167 e. The largest absolute Gasteiger partial charge is 0.494 e. The van der Waals surface area contributed by atoms with Gasteiger partial charge in [-0.05, 0) is 68.8 Å². The predicted molar refractivity (Wildman–Crippen MR) is 150 cm³/mol. The second-order valence-corrected chi connectivity index (χ2v) is 10.1. The molecule has 2 aromatic rings. The van der Waals surface area contributed by atoms with Crippen molar-refractivity contribution < 1.29 is 28.5 Å². The number of benzene rings is 2. The third kappa shape index (κ3) is 8.60. The Labute approximate surface area is 232 Å². The minimum absolute atomic E-state index is 0.0658. The van der Waals surface area contributed by atoms with Crippen molar-refractivity contribution in [3.63, 3.8) is 0 Å². The summed E-state index contributed by atoms with van der Waals surface area (Å²) in [5.74, 6) is 0.980. The molecule has 0 bridgehead atoms. The van der Waals surface area contributed by atoms with Gasteiger partial charge in [-0.15, -0.1) is 0 Å². The SMILES string of the molecule is CCOc1ccc(C(=O)C(CC(CN2CCOCC2)C(=O)c2ccc(OCC)cc2)CN2CCOCC2)cc1. The molecule has 0 N–H and O–H groups in total. The molecule has 0 radical (unpaired) electrons. The van der Waals surface area contributed by atoms with Gasteiger partial charge in [0, 0.05) is 62.2 Å². The fraction of sp³-hybridized carbons (Fsp3) is 0.548. The van der Waals surface area contributed by atoms with Crippen molar-refractivity contribution in [2.75, 3.05) is 78.9 Å². The van der Waals surface area contributed by atoms with Gasteiger partial charge < -0.3 is 18.9 Å². The second-order valence-electron chi connectivity index (χ2n) is 10.1. The Bertz CT molecular complexity index is 947. The van der Waals surface area contributed by atoms with E-state index in [1.165, 1.54) is 0 Å². The molecular weight excluding hydrogens is 496 g/mol. The molecular formula is C31H42N2O6. The summed E-state index contributed by atoms with van der Waals surface area (Å²) in [6, 6.07) is 14.7. The van der Waals surface area contributed by atoms with Gasteiger partial charge in [0.25, 0.3) is 0 Å². The highest BCUT2D eigenvalue weighted by atomic mass is 16.5. The fourth-order valence-corrected chi connectivity index (χ4v) is 5.30. The minimum atomic E-state index is -0.321. The number of morpholine rings is 2. The first kappa shape index (κ1) is 29.2. The number of hydrogen-bond donors (Lipinski definition) is 0. The van der Waals surface area contributed by atoms with Crippen LogP contribution in [0.25, 0.3) is 0 Å². The molecule has 39 heavy (non-hydrogen) atoms. The van der Waals surface area contributed by atoms with Crippen molar-refractivity contribution >= 4 is 11.6 Å². The van der Waals surface area contributed by atoms with Crippen LogP contribution < -0.4 is 9.47 Å². The maximum atomic E-state index is 13.9. The highest BCUT2D eigenvalue weighted by molar-refractivity contribution is 6.00. The average molecular weight is 539 g/mol. The van der Waals surface area contributed by atoms with Gasteiger partial charge in [-0.1, -0.05) is 0 Å². The van der Waals surface area contributed by atoms with Crippen LogP contribution in [0.1, 0.15) is 41.0 Å². The molecule has 0 aliphatic carbocycles. The zero-order valence-corrected chi connectivity index (χ0v) is 23.3. The first-order valence-corrected chi connectivity index (χ1v) is 14.2. The number of rotatable bonds is 14. The van der Waals surface area contributed by atoms with Gasteiger partial charge in [0.1, 0.15) is 11.5 Å². The van der Waals surface area contributed by atoms with Crippen molar-refractivity contribution in [3.05, 3.63) is 59.7 Å². The summed E-state index contributed by atoms with van der Waals surface area (Å²) < 4.78 is 22.2. The van der Waals surface area contributed by atoms with Crippen LogP contribution in [0, 0.1) is 11.8 Å². The lowest BCUT2D eigenvalue weighted by molar-refractivity contribution is 0.0213. The van der Waals surface area contributed by atoms with Gasteiger partial charge in [0.2, 0.25) is 0 Å². The van der Waals surface area contributed by atoms with Crippen LogP contribution in [0.4, 0.5) is 0 Å². The van der Waals surface area contributed by atoms with Crippen LogP contribution in [0.2, 0.25) is 0 Å². The van der Waals surface area contributed by atoms with Crippen molar-refractivity contribution in [2.45, 2.75) is 20.3 Å². The normalized spacial score (nSPS) is 18.3. The van der Waals surface area contributed by atoms with E-state index in [1.807, 2.05) is 62.4 Å². The smallest absolute Gasteiger partial charge is 0.167 e. The zero-order chi connectivity index (χ0) is 27.5. The quantitative estimate of drug-likeness (QED) is 0.336. The van der Waals surface area contributed by atoms with Gasteiger partial charge in [-0.2, -0.15) is 0 Å². The number of carbonyl (C=O) groups is 2. The zero-order valence-electron chi connectivity index (χ0n) is 23.3. The van der Waals surface area contributed by atoms with E-state index in [1.54, 1.807) is 0 Å². The van der Waals surface area contributed by atoms with Crippen molar-refractivity contribution in [1.29, 1.82) is 0 Å². The third-order valence-corrected chi connectivity index (χ3v) is 7.37. The molecule has 2 aromatic carbocycles. The summed E-state index contributed by atoms with van der Waals surface area (Å²) in [6.07, 6.45) is 0.479. The number of nitrogens with zero attached hydrogens (tertiary/aromatic N) is 2. The maximum absolute atomic E-state index is 13.9. The summed E-state index contributed by atoms with van der Waals surface area (Å²) >= 11 is 0. The van der Waals surface area contributed by atoms with E-state index in [2.05, 4.69) is 9.80 Å². The van der Waals surface area contributed by atoms with Crippen molar-refractivity contribution in [2.24, 2.45) is 11.8 Å². The Morgan fingerprint density at radius 2 is 1.03 bits per heavy atom. The Hall–Kier alpha value is -2.78. The number of Topliss-reactive ketones (excluding diaryl/α,β-unsaturated/α-hetero) is 2. The number of carbonyl (C=O) groups excluding carboxylic acids is 2. The standard InChI is InChI=1S/C31H42N2O6/c1-3-38-28-9-5-24(6-10-28)30(34)26(22-32-13-17-36-18-14-32)21-27(23-33-15-19-37-20-16-33)31(35)25-7-11-29(12-8-25)39-4-2/h5-12,26-27H,3-4,13-23H2,1-2H3. The number of ether oxygens (including phenoxy) is 4. The van der Waals surface area contributed by atoms with Crippen LogP contribution in [0.5, 0.6) is 11.5 Å². The Balaban J connectivity index is 1.58. The third-order valence-electron chi connectivity index (χ3n) is 7.37. The molecule has 8 heteroatoms. The highest BCUT2D eigenvalue weighted by Crippen LogP contribution is 2.26. The molecule has 4 rings (SSSR count). The van der Waals surface area contributed by atoms with E-state index in [-0.39, 0.29) is 23.4 Å². The van der Waals surface area contributed by atoms with Gasteiger partial charge in [0.05, 0.1) is 39.6 Å². The molecule has 2 aliphatic heterocycles. The molecule has 0 spiro atoms. The Morgan fingerprint density at radius 3 is 1.36 bits per heavy atom. The summed E-state index contributed by atoms with van der Waals surface area (Å²) in [7, 11) is 0. The lowest BCUT2D eigenvalue weighted by Crippen LogP contribution is -2.44. The number of hydrogen-bond acceptors (Lipinski definition) is 8. The van der Waals surface area contributed by atoms with E-state index in [4.69, 9.17) is 18.9 Å². The van der Waals surface area contributed by atoms with Gasteiger partial charge in [-0.25, -0.2) is 0 Å².